The highest BCUT2D eigenvalue weighted by Crippen LogP contribution is 2.39. The van der Waals surface area contributed by atoms with Gasteiger partial charge in [0, 0.05) is 5.56 Å². The lowest BCUT2D eigenvalue weighted by atomic mass is 9.91. The SMILES string of the molecule is CC(=O)[N@@+](C)([C@@H](CC(=O)O)c1ccccc1)N1C(=O)N[C@](C)(c2ccc(C=NN)cc2)C1=O. The molecule has 0 unspecified atom stereocenters. The maximum atomic E-state index is 13.7. The standard InChI is InChI=1S/C23H25N5O5/c1-15(29)28(3,19(13-20(30)31)17-7-5-4-6-8-17)27-21(32)23(2,26-22(27)33)18-11-9-16(10-12-18)14-25-24/h4-12,14,19H,13,24H2,1-3H3,(H-,26,30,31,33)/p+1/t19-,23+,28-/m0/s1. The second kappa shape index (κ2) is 8.83. The molecule has 0 aliphatic carbocycles. The van der Waals surface area contributed by atoms with Crippen LogP contribution in [0.3, 0.4) is 0 Å². The summed E-state index contributed by atoms with van der Waals surface area (Å²) >= 11 is 0. The largest absolute Gasteiger partial charge is 0.481 e. The molecule has 0 radical (unpaired) electrons. The highest BCUT2D eigenvalue weighted by molar-refractivity contribution is 6.06. The molecule has 4 N–H and O–H groups in total. The minimum absolute atomic E-state index is 0.471. The predicted molar refractivity (Wildman–Crippen MR) is 119 cm³/mol. The lowest BCUT2D eigenvalue weighted by Crippen LogP contribution is -2.64. The number of hydrogen-bond acceptors (Lipinski definition) is 6. The number of imide groups is 1. The summed E-state index contributed by atoms with van der Waals surface area (Å²) in [6, 6.07) is 13.4. The van der Waals surface area contributed by atoms with Gasteiger partial charge in [0.05, 0.1) is 13.1 Å². The number of amides is 4. The maximum absolute atomic E-state index is 13.7. The van der Waals surface area contributed by atoms with Crippen molar-refractivity contribution in [1.29, 1.82) is 0 Å². The van der Waals surface area contributed by atoms with Crippen LogP contribution in [0, 0.1) is 0 Å². The second-order valence-corrected chi connectivity index (χ2v) is 8.14. The van der Waals surface area contributed by atoms with E-state index in [0.717, 1.165) is 5.01 Å². The van der Waals surface area contributed by atoms with Crippen LogP contribution < -0.4 is 11.2 Å². The minimum Gasteiger partial charge on any atom is -0.481 e. The average molecular weight is 452 g/mol. The van der Waals surface area contributed by atoms with Crippen LogP contribution in [0.1, 0.15) is 43.0 Å². The zero-order valence-electron chi connectivity index (χ0n) is 18.6. The molecule has 10 heteroatoms. The molecule has 2 aromatic carbocycles. The summed E-state index contributed by atoms with van der Waals surface area (Å²) in [6.07, 6.45) is 0.967. The lowest BCUT2D eigenvalue weighted by molar-refractivity contribution is -0.952. The molecule has 0 spiro atoms. The number of benzene rings is 2. The number of carbonyl (C=O) groups is 4. The smallest absolute Gasteiger partial charge is 0.371 e. The fraction of sp³-hybridized carbons (Fsp3) is 0.261. The Balaban J connectivity index is 2.10. The van der Waals surface area contributed by atoms with Crippen LogP contribution in [-0.2, 0) is 19.9 Å². The number of quaternary nitrogens is 1. The number of urea groups is 1. The number of hydrogen-bond donors (Lipinski definition) is 3. The number of nitrogens with two attached hydrogens (primary N) is 1. The van der Waals surface area contributed by atoms with Gasteiger partial charge in [-0.2, -0.15) is 5.10 Å². The molecule has 10 nitrogen and oxygen atoms in total. The first-order chi connectivity index (χ1) is 15.6. The molecular weight excluding hydrogens is 426 g/mol. The van der Waals surface area contributed by atoms with Gasteiger partial charge in [0.2, 0.25) is 0 Å². The van der Waals surface area contributed by atoms with Gasteiger partial charge in [-0.3, -0.25) is 9.59 Å². The van der Waals surface area contributed by atoms with Crippen molar-refractivity contribution in [3.8, 4) is 0 Å². The molecule has 2 aromatic rings. The van der Waals surface area contributed by atoms with Gasteiger partial charge in [0.25, 0.3) is 0 Å². The Morgan fingerprint density at radius 2 is 1.79 bits per heavy atom. The predicted octanol–water partition coefficient (Wildman–Crippen LogP) is 1.87. The number of carbonyl (C=O) groups excluding carboxylic acids is 3. The average Bonchev–Trinajstić information content (AvgIpc) is 3.02. The van der Waals surface area contributed by atoms with Crippen LogP contribution in [0.4, 0.5) is 4.79 Å². The summed E-state index contributed by atoms with van der Waals surface area (Å²) in [7, 11) is 1.38. The number of hydrazone groups is 1. The molecule has 3 atom stereocenters. The Hall–Kier alpha value is -4.05. The molecule has 0 saturated carbocycles. The Morgan fingerprint density at radius 1 is 1.18 bits per heavy atom. The number of carboxylic acid groups (broad SMARTS) is 1. The van der Waals surface area contributed by atoms with E-state index in [-0.39, 0.29) is 0 Å². The van der Waals surface area contributed by atoms with Crippen LogP contribution in [0.15, 0.2) is 59.7 Å². The van der Waals surface area contributed by atoms with E-state index in [1.54, 1.807) is 61.5 Å². The van der Waals surface area contributed by atoms with Crippen molar-refractivity contribution >= 4 is 30.0 Å². The van der Waals surface area contributed by atoms with E-state index >= 15 is 0 Å². The molecule has 1 aliphatic rings. The molecule has 1 aliphatic heterocycles. The highest BCUT2D eigenvalue weighted by Gasteiger charge is 2.61. The fourth-order valence-electron chi connectivity index (χ4n) is 4.11. The van der Waals surface area contributed by atoms with Crippen molar-refractivity contribution in [3.05, 3.63) is 71.3 Å². The van der Waals surface area contributed by atoms with Gasteiger partial charge >= 0.3 is 23.8 Å². The number of carboxylic acids is 1. The monoisotopic (exact) mass is 452 g/mol. The first-order valence-electron chi connectivity index (χ1n) is 10.2. The molecule has 1 saturated heterocycles. The summed E-state index contributed by atoms with van der Waals surface area (Å²) in [4.78, 5) is 51.6. The normalized spacial score (nSPS) is 21.0. The fourth-order valence-corrected chi connectivity index (χ4v) is 4.11. The van der Waals surface area contributed by atoms with E-state index < -0.39 is 46.4 Å². The van der Waals surface area contributed by atoms with Gasteiger partial charge in [-0.05, 0) is 18.1 Å². The summed E-state index contributed by atoms with van der Waals surface area (Å²) in [6.45, 7) is 2.77. The van der Waals surface area contributed by atoms with Crippen molar-refractivity contribution in [2.75, 3.05) is 7.05 Å². The van der Waals surface area contributed by atoms with Crippen molar-refractivity contribution < 1.29 is 28.9 Å². The van der Waals surface area contributed by atoms with Gasteiger partial charge in [0.15, 0.2) is 6.04 Å². The summed E-state index contributed by atoms with van der Waals surface area (Å²) < 4.78 is -0.853. The quantitative estimate of drug-likeness (QED) is 0.192. The van der Waals surface area contributed by atoms with Gasteiger partial charge in [-0.1, -0.05) is 59.6 Å². The number of nitrogens with one attached hydrogen (secondary N) is 1. The van der Waals surface area contributed by atoms with Crippen molar-refractivity contribution in [2.45, 2.75) is 31.8 Å². The Labute approximate surface area is 190 Å². The third-order valence-electron chi connectivity index (χ3n) is 6.09. The van der Waals surface area contributed by atoms with Crippen molar-refractivity contribution in [3.63, 3.8) is 0 Å². The molecule has 4 amide bonds. The second-order valence-electron chi connectivity index (χ2n) is 8.14. The van der Waals surface area contributed by atoms with Gasteiger partial charge in [0.1, 0.15) is 19.0 Å². The Morgan fingerprint density at radius 3 is 2.30 bits per heavy atom. The minimum atomic E-state index is -1.46. The molecule has 1 fully saturated rings. The summed E-state index contributed by atoms with van der Waals surface area (Å²) in [5.41, 5.74) is 0.238. The summed E-state index contributed by atoms with van der Waals surface area (Å²) in [5.74, 6) is 2.77. The molecule has 33 heavy (non-hydrogen) atoms. The lowest BCUT2D eigenvalue weighted by Gasteiger charge is -2.41. The van der Waals surface area contributed by atoms with Crippen LogP contribution >= 0.6 is 0 Å². The number of rotatable bonds is 7. The van der Waals surface area contributed by atoms with Crippen LogP contribution in [0.2, 0.25) is 0 Å². The summed E-state index contributed by atoms with van der Waals surface area (Å²) in [5, 5.41) is 16.5. The van der Waals surface area contributed by atoms with E-state index in [9.17, 15) is 24.3 Å². The van der Waals surface area contributed by atoms with E-state index in [4.69, 9.17) is 5.84 Å². The Kier molecular flexibility index (Phi) is 6.32. The van der Waals surface area contributed by atoms with Gasteiger partial charge in [-0.25, -0.2) is 9.59 Å². The topological polar surface area (TPSA) is 142 Å². The molecular formula is C23H26N5O5+. The van der Waals surface area contributed by atoms with Gasteiger partial charge < -0.3 is 16.3 Å². The van der Waals surface area contributed by atoms with Crippen molar-refractivity contribution in [2.24, 2.45) is 10.9 Å². The first kappa shape index (κ1) is 23.6. The Bertz CT molecular complexity index is 1120. The van der Waals surface area contributed by atoms with E-state index in [1.807, 2.05) is 0 Å². The highest BCUT2D eigenvalue weighted by atomic mass is 16.4. The molecule has 172 valence electrons. The third-order valence-corrected chi connectivity index (χ3v) is 6.09. The molecule has 0 aromatic heterocycles. The van der Waals surface area contributed by atoms with E-state index in [1.165, 1.54) is 20.2 Å². The van der Waals surface area contributed by atoms with E-state index in [0.29, 0.717) is 16.7 Å². The van der Waals surface area contributed by atoms with Crippen LogP contribution in [0.5, 0.6) is 0 Å². The van der Waals surface area contributed by atoms with Crippen LogP contribution in [-0.4, -0.2) is 51.8 Å². The van der Waals surface area contributed by atoms with Crippen molar-refractivity contribution in [1.82, 2.24) is 10.3 Å². The molecule has 3 rings (SSSR count). The zero-order chi connectivity index (χ0) is 24.4. The van der Waals surface area contributed by atoms with Gasteiger partial charge in [-0.15, -0.1) is 4.59 Å². The number of nitrogens with zero attached hydrogens (tertiary/aromatic N) is 3. The van der Waals surface area contributed by atoms with Crippen LogP contribution in [0.25, 0.3) is 0 Å². The number of aliphatic carboxylic acids is 1. The molecule has 1 heterocycles. The third kappa shape index (κ3) is 4.08. The first-order valence-corrected chi connectivity index (χ1v) is 10.2. The zero-order valence-corrected chi connectivity index (χ0v) is 18.6. The van der Waals surface area contributed by atoms with E-state index in [2.05, 4.69) is 10.4 Å². The molecule has 0 bridgehead atoms. The maximum Gasteiger partial charge on any atom is 0.371 e.